The maximum absolute atomic E-state index is 12.7. The molecule has 11 N–H and O–H groups in total. The van der Waals surface area contributed by atoms with Crippen molar-refractivity contribution in [1.82, 2.24) is 30.2 Å². The zero-order valence-electron chi connectivity index (χ0n) is 32.8. The SMILES string of the molecule is CCCCCC(O)CCCCSCCNC(=O)CCNC(=O)C(O)C(C)(C)COP(=O)(O)OP(=O)(O)OC[C@H]1O[C@@H](n2cnc3c(N)ncnc32)[C@H](O)[C@@H]1OP(=O)(O)O. The molecule has 2 amide bonds. The molecule has 338 valence electrons. The quantitative estimate of drug-likeness (QED) is 0.0424. The smallest absolute Gasteiger partial charge is 0.393 e. The molecule has 1 aliphatic heterocycles. The second-order valence-electron chi connectivity index (χ2n) is 14.3. The van der Waals surface area contributed by atoms with Crippen LogP contribution in [0.2, 0.25) is 0 Å². The highest BCUT2D eigenvalue weighted by molar-refractivity contribution is 7.99. The number of unbranched alkanes of at least 4 members (excludes halogenated alkanes) is 3. The molecule has 28 heteroatoms. The average molecular weight is 924 g/mol. The normalized spacial score (nSPS) is 21.8. The molecule has 8 atom stereocenters. The lowest BCUT2D eigenvalue weighted by molar-refractivity contribution is -0.137. The number of nitrogens with two attached hydrogens (primary N) is 1. The molecule has 59 heavy (non-hydrogen) atoms. The first-order chi connectivity index (χ1) is 27.6. The fourth-order valence-corrected chi connectivity index (χ4v) is 9.35. The fraction of sp³-hybridized carbons (Fsp3) is 0.774. The number of rotatable bonds is 28. The summed E-state index contributed by atoms with van der Waals surface area (Å²) < 4.78 is 62.3. The van der Waals surface area contributed by atoms with E-state index in [1.54, 1.807) is 11.8 Å². The number of carbonyl (C=O) groups is 2. The van der Waals surface area contributed by atoms with E-state index >= 15 is 0 Å². The number of aromatic nitrogens is 4. The van der Waals surface area contributed by atoms with Gasteiger partial charge in [0.15, 0.2) is 17.7 Å². The molecule has 3 rings (SSSR count). The number of nitrogens with one attached hydrogen (secondary N) is 2. The Hall–Kier alpha value is -2.15. The predicted molar refractivity (Wildman–Crippen MR) is 211 cm³/mol. The lowest BCUT2D eigenvalue weighted by atomic mass is 9.87. The molecule has 1 saturated heterocycles. The van der Waals surface area contributed by atoms with Crippen molar-refractivity contribution < 1.29 is 80.8 Å². The Morgan fingerprint density at radius 2 is 1.66 bits per heavy atom. The van der Waals surface area contributed by atoms with Gasteiger partial charge in [-0.1, -0.05) is 46.5 Å². The van der Waals surface area contributed by atoms with Gasteiger partial charge in [-0.3, -0.25) is 27.7 Å². The van der Waals surface area contributed by atoms with Gasteiger partial charge in [0.2, 0.25) is 11.8 Å². The predicted octanol–water partition coefficient (Wildman–Crippen LogP) is 1.25. The molecule has 3 heterocycles. The highest BCUT2D eigenvalue weighted by atomic mass is 32.2. The summed E-state index contributed by atoms with van der Waals surface area (Å²) >= 11 is 1.68. The Kier molecular flexibility index (Phi) is 20.3. The number of imidazole rings is 1. The van der Waals surface area contributed by atoms with Gasteiger partial charge in [0, 0.05) is 30.7 Å². The summed E-state index contributed by atoms with van der Waals surface area (Å²) in [6, 6.07) is 0. The maximum Gasteiger partial charge on any atom is 0.481 e. The van der Waals surface area contributed by atoms with Crippen molar-refractivity contribution in [1.29, 1.82) is 0 Å². The van der Waals surface area contributed by atoms with Gasteiger partial charge in [-0.2, -0.15) is 16.1 Å². The molecule has 2 aromatic rings. The number of fused-ring (bicyclic) bond motifs is 1. The third kappa shape index (κ3) is 17.3. The number of aliphatic hydroxyl groups excluding tert-OH is 3. The molecule has 0 spiro atoms. The summed E-state index contributed by atoms with van der Waals surface area (Å²) in [5, 5.41) is 36.6. The van der Waals surface area contributed by atoms with Crippen molar-refractivity contribution in [3.8, 4) is 0 Å². The van der Waals surface area contributed by atoms with E-state index in [0.717, 1.165) is 67.9 Å². The van der Waals surface area contributed by atoms with Crippen LogP contribution in [0, 0.1) is 5.41 Å². The molecule has 0 bridgehead atoms. The van der Waals surface area contributed by atoms with E-state index in [1.165, 1.54) is 13.8 Å². The first kappa shape index (κ1) is 51.2. The number of hydrogen-bond donors (Lipinski definition) is 10. The Morgan fingerprint density at radius 1 is 0.983 bits per heavy atom. The van der Waals surface area contributed by atoms with Gasteiger partial charge in [-0.15, -0.1) is 0 Å². The molecular formula is C31H56N7O17P3S. The number of nitrogen functional groups attached to an aromatic ring is 1. The molecular weight excluding hydrogens is 867 g/mol. The minimum absolute atomic E-state index is 0.0368. The topological polar surface area (TPSA) is 367 Å². The Labute approximate surface area is 344 Å². The van der Waals surface area contributed by atoms with E-state index in [4.69, 9.17) is 19.5 Å². The van der Waals surface area contributed by atoms with Crippen molar-refractivity contribution in [2.24, 2.45) is 5.41 Å². The number of phosphoric ester groups is 3. The second kappa shape index (κ2) is 23.3. The summed E-state index contributed by atoms with van der Waals surface area (Å²) in [4.78, 5) is 75.8. The monoisotopic (exact) mass is 923 g/mol. The Bertz CT molecular complexity index is 1810. The highest BCUT2D eigenvalue weighted by Crippen LogP contribution is 2.61. The van der Waals surface area contributed by atoms with Gasteiger partial charge >= 0.3 is 23.5 Å². The van der Waals surface area contributed by atoms with E-state index < -0.39 is 78.6 Å². The van der Waals surface area contributed by atoms with Crippen LogP contribution in [0.25, 0.3) is 11.2 Å². The first-order valence-electron chi connectivity index (χ1n) is 18.7. The summed E-state index contributed by atoms with van der Waals surface area (Å²) in [5.74, 6) is 0.279. The molecule has 1 aliphatic rings. The van der Waals surface area contributed by atoms with Crippen LogP contribution in [0.3, 0.4) is 0 Å². The van der Waals surface area contributed by atoms with Crippen molar-refractivity contribution in [2.75, 3.05) is 43.5 Å². The molecule has 2 aromatic heterocycles. The van der Waals surface area contributed by atoms with Crippen LogP contribution < -0.4 is 16.4 Å². The van der Waals surface area contributed by atoms with Crippen molar-refractivity contribution >= 4 is 64.0 Å². The minimum Gasteiger partial charge on any atom is -0.393 e. The molecule has 0 radical (unpaired) electrons. The summed E-state index contributed by atoms with van der Waals surface area (Å²) in [7, 11) is -16.4. The average Bonchev–Trinajstić information content (AvgIpc) is 3.70. The molecule has 1 fully saturated rings. The number of nitrogens with zero attached hydrogens (tertiary/aromatic N) is 4. The molecule has 0 saturated carbocycles. The van der Waals surface area contributed by atoms with Crippen LogP contribution in [0.4, 0.5) is 5.82 Å². The van der Waals surface area contributed by atoms with E-state index in [9.17, 15) is 58.2 Å². The largest absolute Gasteiger partial charge is 0.481 e. The van der Waals surface area contributed by atoms with Gasteiger partial charge in [-0.25, -0.2) is 28.6 Å². The van der Waals surface area contributed by atoms with Crippen LogP contribution in [0.1, 0.15) is 78.4 Å². The zero-order valence-corrected chi connectivity index (χ0v) is 36.3. The van der Waals surface area contributed by atoms with Crippen LogP contribution in [0.5, 0.6) is 0 Å². The van der Waals surface area contributed by atoms with Crippen molar-refractivity contribution in [3.05, 3.63) is 12.7 Å². The zero-order chi connectivity index (χ0) is 44.0. The first-order valence-corrected chi connectivity index (χ1v) is 24.4. The maximum atomic E-state index is 12.7. The van der Waals surface area contributed by atoms with Crippen molar-refractivity contribution in [2.45, 2.75) is 109 Å². The van der Waals surface area contributed by atoms with E-state index in [1.807, 2.05) is 0 Å². The number of thioether (sulfide) groups is 1. The van der Waals surface area contributed by atoms with Gasteiger partial charge in [0.05, 0.1) is 25.6 Å². The Balaban J connectivity index is 1.40. The summed E-state index contributed by atoms with van der Waals surface area (Å²) in [6.07, 6.45) is -0.224. The third-order valence-corrected chi connectivity index (χ3v) is 13.0. The molecule has 4 unspecified atom stereocenters. The number of ether oxygens (including phenoxy) is 1. The number of hydrogen-bond acceptors (Lipinski definition) is 18. The third-order valence-electron chi connectivity index (χ3n) is 8.86. The summed E-state index contributed by atoms with van der Waals surface area (Å²) in [6.45, 7) is 2.97. The molecule has 24 nitrogen and oxygen atoms in total. The number of anilines is 1. The van der Waals surface area contributed by atoms with Crippen LogP contribution in [0.15, 0.2) is 12.7 Å². The minimum atomic E-state index is -5.56. The number of amides is 2. The van der Waals surface area contributed by atoms with Crippen molar-refractivity contribution in [3.63, 3.8) is 0 Å². The van der Waals surface area contributed by atoms with E-state index in [-0.39, 0.29) is 42.0 Å². The van der Waals surface area contributed by atoms with E-state index in [0.29, 0.717) is 12.3 Å². The number of carbonyl (C=O) groups excluding carboxylic acids is 2. The number of aliphatic hydroxyl groups is 3. The van der Waals surface area contributed by atoms with Gasteiger partial charge in [0.1, 0.15) is 36.3 Å². The van der Waals surface area contributed by atoms with Crippen LogP contribution >= 0.6 is 35.2 Å². The summed E-state index contributed by atoms with van der Waals surface area (Å²) in [5.41, 5.74) is 4.31. The lowest BCUT2D eigenvalue weighted by Gasteiger charge is -2.30. The highest BCUT2D eigenvalue weighted by Gasteiger charge is 2.50. The lowest BCUT2D eigenvalue weighted by Crippen LogP contribution is -2.46. The second-order valence-corrected chi connectivity index (χ2v) is 19.8. The van der Waals surface area contributed by atoms with Crippen LogP contribution in [-0.2, 0) is 45.9 Å². The molecule has 0 aliphatic carbocycles. The molecule has 0 aromatic carbocycles. The van der Waals surface area contributed by atoms with Gasteiger partial charge < -0.3 is 56.0 Å². The van der Waals surface area contributed by atoms with E-state index in [2.05, 4.69) is 41.3 Å². The van der Waals surface area contributed by atoms with Gasteiger partial charge in [-0.05, 0) is 25.0 Å². The van der Waals surface area contributed by atoms with Gasteiger partial charge in [0.25, 0.3) is 0 Å². The standard InChI is InChI=1S/C31H56N7O17P3S/c1-4-5-6-9-20(39)10-7-8-14-59-15-13-33-22(40)11-12-34-29(43)26(42)31(2,3)17-52-58(49,50)55-57(47,48)51-16-21-25(54-56(44,45)46)24(41)30(53-21)38-19-37-23-27(32)35-18-36-28(23)38/h18-21,24-26,30,39,41-42H,4-17H2,1-3H3,(H,33,40)(H,34,43)(H,47,48)(H,49,50)(H2,32,35,36)(H2,44,45,46)/t20?,21-,24-,25-,26?,30-/m1/s1. The van der Waals surface area contributed by atoms with Crippen LogP contribution in [-0.4, -0.2) is 135 Å². The number of phosphoric acid groups is 3. The fourth-order valence-electron chi connectivity index (χ4n) is 5.66. The Morgan fingerprint density at radius 3 is 2.34 bits per heavy atom.